The number of nitrogen functional groups attached to an aromatic ring is 1. The fourth-order valence-electron chi connectivity index (χ4n) is 2.52. The Morgan fingerprint density at radius 2 is 2.11 bits per heavy atom. The molecular formula is C15H22N2O2. The summed E-state index contributed by atoms with van der Waals surface area (Å²) in [7, 11) is 1.78. The third kappa shape index (κ3) is 3.26. The van der Waals surface area contributed by atoms with Gasteiger partial charge in [-0.2, -0.15) is 0 Å². The van der Waals surface area contributed by atoms with Gasteiger partial charge in [0.2, 0.25) is 5.91 Å². The van der Waals surface area contributed by atoms with E-state index in [-0.39, 0.29) is 5.91 Å². The van der Waals surface area contributed by atoms with E-state index in [0.29, 0.717) is 24.1 Å². The van der Waals surface area contributed by atoms with Crippen LogP contribution >= 0.6 is 0 Å². The van der Waals surface area contributed by atoms with Gasteiger partial charge in [-0.05, 0) is 37.8 Å². The summed E-state index contributed by atoms with van der Waals surface area (Å²) in [6.45, 7) is 2.76. The minimum Gasteiger partial charge on any atom is -0.397 e. The highest BCUT2D eigenvalue weighted by molar-refractivity contribution is 5.95. The van der Waals surface area contributed by atoms with Crippen LogP contribution < -0.4 is 10.6 Å². The van der Waals surface area contributed by atoms with E-state index in [4.69, 9.17) is 10.5 Å². The second-order valence-electron chi connectivity index (χ2n) is 5.13. The van der Waals surface area contributed by atoms with E-state index >= 15 is 0 Å². The van der Waals surface area contributed by atoms with Crippen molar-refractivity contribution in [1.82, 2.24) is 0 Å². The third-order valence-electron chi connectivity index (χ3n) is 3.73. The van der Waals surface area contributed by atoms with Crippen molar-refractivity contribution in [2.45, 2.75) is 32.3 Å². The Balaban J connectivity index is 1.86. The molecule has 4 nitrogen and oxygen atoms in total. The van der Waals surface area contributed by atoms with Gasteiger partial charge in [-0.3, -0.25) is 4.79 Å². The van der Waals surface area contributed by atoms with Gasteiger partial charge in [0.15, 0.2) is 0 Å². The monoisotopic (exact) mass is 262 g/mol. The van der Waals surface area contributed by atoms with E-state index in [2.05, 4.69) is 0 Å². The maximum Gasteiger partial charge on any atom is 0.227 e. The van der Waals surface area contributed by atoms with Crippen LogP contribution in [0.25, 0.3) is 0 Å². The van der Waals surface area contributed by atoms with Crippen LogP contribution in [0.15, 0.2) is 24.3 Å². The quantitative estimate of drug-likeness (QED) is 0.829. The van der Waals surface area contributed by atoms with Crippen LogP contribution in [0.3, 0.4) is 0 Å². The number of rotatable bonds is 5. The summed E-state index contributed by atoms with van der Waals surface area (Å²) in [6, 6.07) is 7.45. The second-order valence-corrected chi connectivity index (χ2v) is 5.13. The lowest BCUT2D eigenvalue weighted by Gasteiger charge is -2.35. The summed E-state index contributed by atoms with van der Waals surface area (Å²) in [6.07, 6.45) is 2.93. The molecule has 0 unspecified atom stereocenters. The molecule has 0 atom stereocenters. The molecule has 0 aliphatic heterocycles. The molecule has 1 aliphatic carbocycles. The van der Waals surface area contributed by atoms with Gasteiger partial charge in [-0.1, -0.05) is 12.1 Å². The van der Waals surface area contributed by atoms with Crippen LogP contribution in [0.5, 0.6) is 0 Å². The van der Waals surface area contributed by atoms with E-state index in [1.807, 2.05) is 31.2 Å². The summed E-state index contributed by atoms with van der Waals surface area (Å²) < 4.78 is 5.51. The van der Waals surface area contributed by atoms with Crippen LogP contribution in [0.4, 0.5) is 11.4 Å². The first-order valence-electron chi connectivity index (χ1n) is 6.84. The van der Waals surface area contributed by atoms with Crippen molar-refractivity contribution in [3.63, 3.8) is 0 Å². The number of para-hydroxylation sites is 2. The summed E-state index contributed by atoms with van der Waals surface area (Å²) in [4.78, 5) is 13.8. The maximum atomic E-state index is 12.2. The third-order valence-corrected chi connectivity index (χ3v) is 3.73. The number of nitrogens with zero attached hydrogens (tertiary/aromatic N) is 1. The first-order valence-corrected chi connectivity index (χ1v) is 6.84. The normalized spacial score (nSPS) is 21.8. The van der Waals surface area contributed by atoms with Gasteiger partial charge in [0, 0.05) is 20.1 Å². The van der Waals surface area contributed by atoms with E-state index in [9.17, 15) is 4.79 Å². The largest absolute Gasteiger partial charge is 0.397 e. The van der Waals surface area contributed by atoms with Crippen molar-refractivity contribution in [2.75, 3.05) is 24.3 Å². The minimum absolute atomic E-state index is 0.123. The standard InChI is InChI=1S/C15H22N2O2/c1-3-19-12-8-11(9-12)10-15(18)17(2)14-7-5-4-6-13(14)16/h4-7,11-12H,3,8-10,16H2,1-2H3. The average Bonchev–Trinajstić information content (AvgIpc) is 2.36. The molecule has 4 heteroatoms. The van der Waals surface area contributed by atoms with Gasteiger partial charge in [0.1, 0.15) is 0 Å². The van der Waals surface area contributed by atoms with Gasteiger partial charge in [0.25, 0.3) is 0 Å². The van der Waals surface area contributed by atoms with Crippen LogP contribution in [-0.2, 0) is 9.53 Å². The molecule has 0 heterocycles. The molecule has 1 aliphatic rings. The summed E-state index contributed by atoms with van der Waals surface area (Å²) in [5, 5.41) is 0. The Hall–Kier alpha value is -1.55. The SMILES string of the molecule is CCOC1CC(CC(=O)N(C)c2ccccc2N)C1. The van der Waals surface area contributed by atoms with Crippen molar-refractivity contribution in [1.29, 1.82) is 0 Å². The zero-order chi connectivity index (χ0) is 13.8. The molecule has 19 heavy (non-hydrogen) atoms. The summed E-state index contributed by atoms with van der Waals surface area (Å²) >= 11 is 0. The topological polar surface area (TPSA) is 55.6 Å². The van der Waals surface area contributed by atoms with E-state index in [1.165, 1.54) is 0 Å². The summed E-state index contributed by atoms with van der Waals surface area (Å²) in [5.41, 5.74) is 7.31. The van der Waals surface area contributed by atoms with Gasteiger partial charge in [-0.15, -0.1) is 0 Å². The van der Waals surface area contributed by atoms with E-state index < -0.39 is 0 Å². The molecule has 104 valence electrons. The van der Waals surface area contributed by atoms with Crippen molar-refractivity contribution in [3.05, 3.63) is 24.3 Å². The molecule has 2 N–H and O–H groups in total. The molecule has 1 fully saturated rings. The molecule has 0 spiro atoms. The van der Waals surface area contributed by atoms with Crippen LogP contribution in [0, 0.1) is 5.92 Å². The maximum absolute atomic E-state index is 12.2. The minimum atomic E-state index is 0.123. The van der Waals surface area contributed by atoms with Crippen molar-refractivity contribution < 1.29 is 9.53 Å². The second kappa shape index (κ2) is 6.06. The highest BCUT2D eigenvalue weighted by Gasteiger charge is 2.32. The average molecular weight is 262 g/mol. The van der Waals surface area contributed by atoms with E-state index in [1.54, 1.807) is 11.9 Å². The van der Waals surface area contributed by atoms with E-state index in [0.717, 1.165) is 25.1 Å². The van der Waals surface area contributed by atoms with Gasteiger partial charge >= 0.3 is 0 Å². The Kier molecular flexibility index (Phi) is 4.43. The van der Waals surface area contributed by atoms with Crippen LogP contribution in [0.2, 0.25) is 0 Å². The number of ether oxygens (including phenoxy) is 1. The number of benzene rings is 1. The lowest BCUT2D eigenvalue weighted by molar-refractivity contribution is -0.121. The number of hydrogen-bond donors (Lipinski definition) is 1. The molecule has 0 saturated heterocycles. The molecule has 2 rings (SSSR count). The number of hydrogen-bond acceptors (Lipinski definition) is 3. The number of carbonyl (C=O) groups is 1. The first-order chi connectivity index (χ1) is 9.11. The number of nitrogens with two attached hydrogens (primary N) is 1. The molecular weight excluding hydrogens is 240 g/mol. The Labute approximate surface area is 114 Å². The fraction of sp³-hybridized carbons (Fsp3) is 0.533. The first kappa shape index (κ1) is 13.9. The lowest BCUT2D eigenvalue weighted by Crippen LogP contribution is -2.36. The molecule has 1 aromatic rings. The fourth-order valence-corrected chi connectivity index (χ4v) is 2.52. The Morgan fingerprint density at radius 1 is 1.42 bits per heavy atom. The molecule has 0 radical (unpaired) electrons. The predicted octanol–water partition coefficient (Wildman–Crippen LogP) is 2.44. The molecule has 1 saturated carbocycles. The Morgan fingerprint density at radius 3 is 2.74 bits per heavy atom. The number of anilines is 2. The van der Waals surface area contributed by atoms with Crippen molar-refractivity contribution in [3.8, 4) is 0 Å². The van der Waals surface area contributed by atoms with Gasteiger partial charge < -0.3 is 15.4 Å². The molecule has 1 amide bonds. The van der Waals surface area contributed by atoms with Crippen molar-refractivity contribution >= 4 is 17.3 Å². The molecule has 0 aromatic heterocycles. The predicted molar refractivity (Wildman–Crippen MR) is 77.0 cm³/mol. The van der Waals surface area contributed by atoms with Crippen LogP contribution in [-0.4, -0.2) is 25.7 Å². The number of carbonyl (C=O) groups excluding carboxylic acids is 1. The highest BCUT2D eigenvalue weighted by atomic mass is 16.5. The number of amides is 1. The van der Waals surface area contributed by atoms with Crippen molar-refractivity contribution in [2.24, 2.45) is 5.92 Å². The zero-order valence-electron chi connectivity index (χ0n) is 11.6. The zero-order valence-corrected chi connectivity index (χ0v) is 11.6. The van der Waals surface area contributed by atoms with Gasteiger partial charge in [-0.25, -0.2) is 0 Å². The summed E-state index contributed by atoms with van der Waals surface area (Å²) in [5.74, 6) is 0.578. The lowest BCUT2D eigenvalue weighted by atomic mass is 9.79. The molecule has 0 bridgehead atoms. The highest BCUT2D eigenvalue weighted by Crippen LogP contribution is 2.33. The molecule has 1 aromatic carbocycles. The van der Waals surface area contributed by atoms with Crippen LogP contribution in [0.1, 0.15) is 26.2 Å². The van der Waals surface area contributed by atoms with Gasteiger partial charge in [0.05, 0.1) is 17.5 Å². The Bertz CT molecular complexity index is 442. The smallest absolute Gasteiger partial charge is 0.227 e.